The van der Waals surface area contributed by atoms with Gasteiger partial charge in [-0.1, -0.05) is 12.1 Å². The maximum absolute atomic E-state index is 13.6. The highest BCUT2D eigenvalue weighted by molar-refractivity contribution is 6.06. The summed E-state index contributed by atoms with van der Waals surface area (Å²) in [6.07, 6.45) is 7.81. The van der Waals surface area contributed by atoms with Crippen molar-refractivity contribution in [3.8, 4) is 0 Å². The van der Waals surface area contributed by atoms with Crippen LogP contribution in [0.2, 0.25) is 0 Å². The lowest BCUT2D eigenvalue weighted by atomic mass is 10.0. The van der Waals surface area contributed by atoms with Gasteiger partial charge in [-0.25, -0.2) is 9.37 Å². The van der Waals surface area contributed by atoms with E-state index in [1.165, 1.54) is 17.8 Å². The monoisotopic (exact) mass is 537 g/mol. The molecule has 0 unspecified atom stereocenters. The molecule has 0 amide bonds. The number of nitrogens with zero attached hydrogens (tertiary/aromatic N) is 5. The van der Waals surface area contributed by atoms with E-state index in [0.29, 0.717) is 11.3 Å². The summed E-state index contributed by atoms with van der Waals surface area (Å²) in [7, 11) is 1.88. The van der Waals surface area contributed by atoms with Gasteiger partial charge in [-0.15, -0.1) is 0 Å². The number of pyridine rings is 2. The van der Waals surface area contributed by atoms with Crippen LogP contribution in [0.3, 0.4) is 0 Å². The summed E-state index contributed by atoms with van der Waals surface area (Å²) in [6.45, 7) is 8.61. The maximum atomic E-state index is 13.6. The van der Waals surface area contributed by atoms with Gasteiger partial charge < -0.3 is 19.8 Å². The Hall–Kier alpha value is -4.50. The average molecular weight is 538 g/mol. The predicted molar refractivity (Wildman–Crippen MR) is 160 cm³/mol. The SMILES string of the molecule is Cc1cc(F)ccc1Nc1nc2ccc3c(C)c(C=CCN4CCN(c5ccncc5)CC4)[nH]c(=O)c3c2n1C. The molecule has 6 rings (SSSR count). The lowest BCUT2D eigenvalue weighted by Gasteiger charge is -2.35. The molecule has 1 aliphatic heterocycles. The zero-order valence-electron chi connectivity index (χ0n) is 22.9. The molecule has 0 spiro atoms. The fourth-order valence-electron chi connectivity index (χ4n) is 5.50. The number of anilines is 3. The molecule has 40 heavy (non-hydrogen) atoms. The van der Waals surface area contributed by atoms with Gasteiger partial charge in [-0.3, -0.25) is 14.7 Å². The molecule has 4 heterocycles. The Morgan fingerprint density at radius 3 is 2.58 bits per heavy atom. The molecule has 0 radical (unpaired) electrons. The second kappa shape index (κ2) is 10.6. The van der Waals surface area contributed by atoms with Gasteiger partial charge in [-0.05, 0) is 72.8 Å². The van der Waals surface area contributed by atoms with Crippen molar-refractivity contribution in [3.05, 3.63) is 93.9 Å². The average Bonchev–Trinajstić information content (AvgIpc) is 3.28. The number of imidazole rings is 1. The number of aromatic amines is 1. The van der Waals surface area contributed by atoms with Gasteiger partial charge in [0.05, 0.1) is 16.4 Å². The smallest absolute Gasteiger partial charge is 0.258 e. The van der Waals surface area contributed by atoms with Crippen LogP contribution in [0.1, 0.15) is 16.8 Å². The summed E-state index contributed by atoms with van der Waals surface area (Å²) in [5.41, 5.74) is 5.91. The minimum Gasteiger partial charge on any atom is -0.369 e. The van der Waals surface area contributed by atoms with Crippen molar-refractivity contribution in [3.63, 3.8) is 0 Å². The molecule has 8 nitrogen and oxygen atoms in total. The number of rotatable bonds is 6. The number of H-pyrrole nitrogens is 1. The summed E-state index contributed by atoms with van der Waals surface area (Å²) in [6, 6.07) is 12.6. The molecule has 2 aromatic carbocycles. The Morgan fingerprint density at radius 2 is 1.82 bits per heavy atom. The standard InChI is InChI=1S/C31H32FN7O/c1-20-19-22(32)6-8-25(20)35-31-36-27-9-7-24-21(2)26(34-30(40)28(24)29(27)37(31)3)5-4-14-38-15-17-39(18-16-38)23-10-12-33-13-11-23/h4-13,19H,14-18H2,1-3H3,(H,34,40)(H,35,36). The van der Waals surface area contributed by atoms with E-state index in [0.717, 1.165) is 71.7 Å². The largest absolute Gasteiger partial charge is 0.369 e. The number of aryl methyl sites for hydroxylation is 3. The first-order chi connectivity index (χ1) is 19.4. The second-order valence-corrected chi connectivity index (χ2v) is 10.3. The quantitative estimate of drug-likeness (QED) is 0.312. The number of benzene rings is 2. The zero-order valence-corrected chi connectivity index (χ0v) is 22.9. The van der Waals surface area contributed by atoms with Crippen LogP contribution >= 0.6 is 0 Å². The Morgan fingerprint density at radius 1 is 1.05 bits per heavy atom. The number of hydrogen-bond donors (Lipinski definition) is 2. The Labute approximate surface area is 231 Å². The molecular weight excluding hydrogens is 505 g/mol. The van der Waals surface area contributed by atoms with Gasteiger partial charge >= 0.3 is 0 Å². The van der Waals surface area contributed by atoms with E-state index >= 15 is 0 Å². The number of hydrogen-bond acceptors (Lipinski definition) is 6. The molecule has 0 bridgehead atoms. The topological polar surface area (TPSA) is 82.1 Å². The molecular formula is C31H32FN7O. The van der Waals surface area contributed by atoms with Crippen molar-refractivity contribution < 1.29 is 4.39 Å². The van der Waals surface area contributed by atoms with Crippen molar-refractivity contribution in [2.75, 3.05) is 42.9 Å². The fourth-order valence-corrected chi connectivity index (χ4v) is 5.50. The summed E-state index contributed by atoms with van der Waals surface area (Å²) in [5.74, 6) is 0.303. The first-order valence-electron chi connectivity index (χ1n) is 13.5. The van der Waals surface area contributed by atoms with Crippen molar-refractivity contribution in [1.29, 1.82) is 0 Å². The summed E-state index contributed by atoms with van der Waals surface area (Å²) >= 11 is 0. The highest BCUT2D eigenvalue weighted by Gasteiger charge is 2.18. The van der Waals surface area contributed by atoms with Crippen molar-refractivity contribution in [2.45, 2.75) is 13.8 Å². The predicted octanol–water partition coefficient (Wildman–Crippen LogP) is 5.14. The number of nitrogens with one attached hydrogen (secondary N) is 2. The van der Waals surface area contributed by atoms with Crippen LogP contribution in [-0.2, 0) is 7.05 Å². The Bertz CT molecular complexity index is 1780. The number of halogens is 1. The molecule has 9 heteroatoms. The number of piperazine rings is 1. The van der Waals surface area contributed by atoms with Crippen LogP contribution in [0.5, 0.6) is 0 Å². The molecule has 204 valence electrons. The number of fused-ring (bicyclic) bond motifs is 3. The minimum atomic E-state index is -0.283. The zero-order chi connectivity index (χ0) is 27.8. The van der Waals surface area contributed by atoms with E-state index in [4.69, 9.17) is 4.98 Å². The number of aromatic nitrogens is 4. The third-order valence-electron chi connectivity index (χ3n) is 7.80. The van der Waals surface area contributed by atoms with Crippen LogP contribution in [0, 0.1) is 19.7 Å². The van der Waals surface area contributed by atoms with Crippen molar-refractivity contribution in [1.82, 2.24) is 24.4 Å². The Balaban J connectivity index is 1.23. The first-order valence-corrected chi connectivity index (χ1v) is 13.5. The summed E-state index contributed by atoms with van der Waals surface area (Å²) in [4.78, 5) is 30.1. The van der Waals surface area contributed by atoms with E-state index in [1.54, 1.807) is 6.07 Å². The highest BCUT2D eigenvalue weighted by Crippen LogP contribution is 2.30. The third kappa shape index (κ3) is 4.84. The molecule has 1 saturated heterocycles. The van der Waals surface area contributed by atoms with Gasteiger partial charge in [0.25, 0.3) is 5.56 Å². The normalized spacial score (nSPS) is 14.6. The van der Waals surface area contributed by atoms with Crippen LogP contribution in [0.15, 0.2) is 65.7 Å². The van der Waals surface area contributed by atoms with Crippen molar-refractivity contribution >= 4 is 45.2 Å². The molecule has 3 aromatic heterocycles. The highest BCUT2D eigenvalue weighted by atomic mass is 19.1. The van der Waals surface area contributed by atoms with Crippen molar-refractivity contribution in [2.24, 2.45) is 7.05 Å². The molecule has 1 fully saturated rings. The van der Waals surface area contributed by atoms with E-state index in [2.05, 4.69) is 43.3 Å². The first kappa shape index (κ1) is 25.8. The van der Waals surface area contributed by atoms with E-state index in [-0.39, 0.29) is 11.4 Å². The van der Waals surface area contributed by atoms with E-state index < -0.39 is 0 Å². The molecule has 0 atom stereocenters. The summed E-state index contributed by atoms with van der Waals surface area (Å²) < 4.78 is 15.5. The van der Waals surface area contributed by atoms with Crippen LogP contribution in [0.25, 0.3) is 27.9 Å². The molecule has 1 aliphatic rings. The molecule has 0 aliphatic carbocycles. The lowest BCUT2D eigenvalue weighted by Crippen LogP contribution is -2.46. The van der Waals surface area contributed by atoms with Gasteiger partial charge in [0.1, 0.15) is 5.82 Å². The molecule has 5 aromatic rings. The van der Waals surface area contributed by atoms with Gasteiger partial charge in [0.15, 0.2) is 0 Å². The van der Waals surface area contributed by atoms with Gasteiger partial charge in [0.2, 0.25) is 5.95 Å². The van der Waals surface area contributed by atoms with Crippen LogP contribution in [-0.4, -0.2) is 57.1 Å². The third-order valence-corrected chi connectivity index (χ3v) is 7.80. The maximum Gasteiger partial charge on any atom is 0.258 e. The second-order valence-electron chi connectivity index (χ2n) is 10.3. The van der Waals surface area contributed by atoms with Crippen LogP contribution < -0.4 is 15.8 Å². The molecule has 2 N–H and O–H groups in total. The lowest BCUT2D eigenvalue weighted by molar-refractivity contribution is 0.284. The fraction of sp³-hybridized carbons (Fsp3) is 0.258. The summed E-state index contributed by atoms with van der Waals surface area (Å²) in [5, 5.41) is 4.80. The van der Waals surface area contributed by atoms with E-state index in [1.807, 2.05) is 56.1 Å². The van der Waals surface area contributed by atoms with Gasteiger partial charge in [0, 0.05) is 69.2 Å². The van der Waals surface area contributed by atoms with Crippen LogP contribution in [0.4, 0.5) is 21.7 Å². The minimum absolute atomic E-state index is 0.149. The van der Waals surface area contributed by atoms with E-state index in [9.17, 15) is 9.18 Å². The Kier molecular flexibility index (Phi) is 6.81. The molecule has 0 saturated carbocycles. The van der Waals surface area contributed by atoms with Gasteiger partial charge in [-0.2, -0.15) is 0 Å².